The molecule has 6 heteroatoms. The van der Waals surface area contributed by atoms with Crippen molar-refractivity contribution in [1.82, 2.24) is 0 Å². The van der Waals surface area contributed by atoms with Gasteiger partial charge in [-0.05, 0) is 140 Å². The van der Waals surface area contributed by atoms with Crippen molar-refractivity contribution in [2.75, 3.05) is 23.8 Å². The molecule has 0 aliphatic heterocycles. The summed E-state index contributed by atoms with van der Waals surface area (Å²) in [6.07, 6.45) is 18.2. The van der Waals surface area contributed by atoms with Crippen LogP contribution in [0.2, 0.25) is 0 Å². The van der Waals surface area contributed by atoms with Crippen LogP contribution in [0.3, 0.4) is 0 Å². The number of hydrogen-bond donors (Lipinski definition) is 1. The maximum absolute atomic E-state index is 5.93. The molecule has 6 aromatic carbocycles. The molecule has 0 aliphatic rings. The summed E-state index contributed by atoms with van der Waals surface area (Å²) in [4.78, 5) is 2.28. The minimum Gasteiger partial charge on any atom is -0.494 e. The Morgan fingerprint density at radius 1 is 0.467 bits per heavy atom. The van der Waals surface area contributed by atoms with Crippen molar-refractivity contribution >= 4 is 72.8 Å². The first-order chi connectivity index (χ1) is 29.3. The molecule has 0 bridgehead atoms. The zero-order chi connectivity index (χ0) is 42.8. The number of aryl methyl sites for hydroxylation is 1. The summed E-state index contributed by atoms with van der Waals surface area (Å²) in [5.74, 6) is 1.85. The fraction of sp³-hybridized carbons (Fsp3) is 0.259. The monoisotopic (exact) mass is 928 g/mol. The van der Waals surface area contributed by atoms with E-state index in [-0.39, 0.29) is 0 Å². The first-order valence-electron chi connectivity index (χ1n) is 21.3. The molecule has 0 saturated heterocycles. The normalized spacial score (nSPS) is 10.8. The summed E-state index contributed by atoms with van der Waals surface area (Å²) in [5.41, 5.74) is 14.6. The standard InChI is InChI=1S/C28H33NO.C14H10Br2.C12H19NO/c1-4-6-7-8-22-30-28-20-18-27(19-21-28)29(25-14-10-23(3)11-15-25)26-16-12-24(9-5-2)13-17-26;15-13-7-3-11(4-8-13)1-2-12-5-9-14(16)10-6-12;1-2-3-4-5-10-14-12-8-6-11(13)7-9-12/h5,9-21H,4,6-8,22H2,1-3H3;1-10H;6-9H,2-5,10,13H2,1H3/b;2-1+;. The molecule has 0 amide bonds. The maximum Gasteiger partial charge on any atom is 0.119 e. The number of nitrogen functional groups attached to an aromatic ring is 1. The number of nitrogens with zero attached hydrogens (tertiary/aromatic N) is 1. The molecule has 0 atom stereocenters. The van der Waals surface area contributed by atoms with Gasteiger partial charge in [-0.3, -0.25) is 0 Å². The van der Waals surface area contributed by atoms with Crippen LogP contribution in [0.4, 0.5) is 22.7 Å². The molecular formula is C54H62Br2N2O2. The van der Waals surface area contributed by atoms with E-state index in [1.807, 2.05) is 55.5 Å². The molecule has 0 spiro atoms. The first-order valence-corrected chi connectivity index (χ1v) is 22.9. The molecule has 0 radical (unpaired) electrons. The van der Waals surface area contributed by atoms with Crippen LogP contribution in [-0.4, -0.2) is 13.2 Å². The topological polar surface area (TPSA) is 47.7 Å². The number of rotatable bonds is 18. The van der Waals surface area contributed by atoms with E-state index in [2.05, 4.69) is 179 Å². The van der Waals surface area contributed by atoms with Gasteiger partial charge in [0, 0.05) is 31.7 Å². The number of nitrogens with two attached hydrogens (primary N) is 1. The smallest absolute Gasteiger partial charge is 0.119 e. The van der Waals surface area contributed by atoms with Crippen molar-refractivity contribution in [2.24, 2.45) is 0 Å². The summed E-state index contributed by atoms with van der Waals surface area (Å²) in [6.45, 7) is 10.2. The zero-order valence-electron chi connectivity index (χ0n) is 35.8. The van der Waals surface area contributed by atoms with E-state index < -0.39 is 0 Å². The van der Waals surface area contributed by atoms with Crippen molar-refractivity contribution in [1.29, 1.82) is 0 Å². The molecule has 2 N–H and O–H groups in total. The van der Waals surface area contributed by atoms with E-state index in [0.717, 1.165) is 69.2 Å². The van der Waals surface area contributed by atoms with Crippen LogP contribution in [0.1, 0.15) is 94.4 Å². The van der Waals surface area contributed by atoms with E-state index in [9.17, 15) is 0 Å². The van der Waals surface area contributed by atoms with Gasteiger partial charge in [0.2, 0.25) is 0 Å². The van der Waals surface area contributed by atoms with Crippen molar-refractivity contribution in [3.05, 3.63) is 183 Å². The molecule has 0 aromatic heterocycles. The summed E-state index contributed by atoms with van der Waals surface area (Å²) in [6, 6.07) is 49.8. The highest BCUT2D eigenvalue weighted by molar-refractivity contribution is 9.10. The third-order valence-corrected chi connectivity index (χ3v) is 10.6. The molecule has 4 nitrogen and oxygen atoms in total. The Hall–Kier alpha value is -5.04. The highest BCUT2D eigenvalue weighted by Crippen LogP contribution is 2.35. The minimum atomic E-state index is 0.781. The summed E-state index contributed by atoms with van der Waals surface area (Å²) < 4.78 is 13.7. The number of hydrogen-bond acceptors (Lipinski definition) is 4. The predicted molar refractivity (Wildman–Crippen MR) is 268 cm³/mol. The molecule has 0 fully saturated rings. The third kappa shape index (κ3) is 18.1. The van der Waals surface area contributed by atoms with Crippen molar-refractivity contribution in [3.8, 4) is 11.5 Å². The lowest BCUT2D eigenvalue weighted by atomic mass is 10.1. The van der Waals surface area contributed by atoms with Crippen LogP contribution in [0.5, 0.6) is 11.5 Å². The number of unbranched alkanes of at least 4 members (excludes halogenated alkanes) is 6. The average molecular weight is 931 g/mol. The number of ether oxygens (including phenoxy) is 2. The van der Waals surface area contributed by atoms with Gasteiger partial charge in [0.1, 0.15) is 11.5 Å². The summed E-state index contributed by atoms with van der Waals surface area (Å²) in [5, 5.41) is 0. The lowest BCUT2D eigenvalue weighted by molar-refractivity contribution is 0.305. The Morgan fingerprint density at radius 2 is 0.833 bits per heavy atom. The van der Waals surface area contributed by atoms with E-state index >= 15 is 0 Å². The van der Waals surface area contributed by atoms with Gasteiger partial charge in [-0.1, -0.05) is 163 Å². The average Bonchev–Trinajstić information content (AvgIpc) is 3.27. The van der Waals surface area contributed by atoms with Gasteiger partial charge in [-0.15, -0.1) is 0 Å². The summed E-state index contributed by atoms with van der Waals surface area (Å²) >= 11 is 6.84. The molecule has 0 aliphatic carbocycles. The maximum atomic E-state index is 5.93. The van der Waals surface area contributed by atoms with E-state index in [1.54, 1.807) is 0 Å². The van der Waals surface area contributed by atoms with Crippen molar-refractivity contribution < 1.29 is 9.47 Å². The number of halogens is 2. The lowest BCUT2D eigenvalue weighted by Crippen LogP contribution is -2.10. The van der Waals surface area contributed by atoms with Gasteiger partial charge >= 0.3 is 0 Å². The largest absolute Gasteiger partial charge is 0.494 e. The fourth-order valence-corrected chi connectivity index (χ4v) is 6.63. The molecule has 0 heterocycles. The summed E-state index contributed by atoms with van der Waals surface area (Å²) in [7, 11) is 0. The van der Waals surface area contributed by atoms with Gasteiger partial charge in [-0.25, -0.2) is 0 Å². The zero-order valence-corrected chi connectivity index (χ0v) is 39.0. The van der Waals surface area contributed by atoms with Gasteiger partial charge in [-0.2, -0.15) is 0 Å². The van der Waals surface area contributed by atoms with Crippen LogP contribution in [0, 0.1) is 6.92 Å². The Kier molecular flexibility index (Phi) is 22.0. The highest BCUT2D eigenvalue weighted by atomic mass is 79.9. The van der Waals surface area contributed by atoms with Crippen molar-refractivity contribution in [2.45, 2.75) is 79.1 Å². The molecule has 0 saturated carbocycles. The fourth-order valence-electron chi connectivity index (χ4n) is 6.10. The highest BCUT2D eigenvalue weighted by Gasteiger charge is 2.12. The van der Waals surface area contributed by atoms with Crippen LogP contribution in [0.15, 0.2) is 161 Å². The third-order valence-electron chi connectivity index (χ3n) is 9.52. The van der Waals surface area contributed by atoms with E-state index in [1.165, 1.54) is 60.8 Å². The van der Waals surface area contributed by atoms with Gasteiger partial charge < -0.3 is 20.1 Å². The van der Waals surface area contributed by atoms with Gasteiger partial charge in [0.25, 0.3) is 0 Å². The van der Waals surface area contributed by atoms with Crippen LogP contribution in [0.25, 0.3) is 18.2 Å². The lowest BCUT2D eigenvalue weighted by Gasteiger charge is -2.26. The molecule has 314 valence electrons. The SMILES string of the molecule is Brc1ccc(/C=C/c2ccc(Br)cc2)cc1.CC=Cc1ccc(N(c2ccc(C)cc2)c2ccc(OCCCCCC)cc2)cc1.CCCCCCOc1ccc(N)cc1. The number of anilines is 4. The molecule has 6 rings (SSSR count). The second kappa shape index (κ2) is 27.7. The Labute approximate surface area is 377 Å². The van der Waals surface area contributed by atoms with E-state index in [0.29, 0.717) is 0 Å². The molecular weight excluding hydrogens is 868 g/mol. The molecule has 0 unspecified atom stereocenters. The number of allylic oxidation sites excluding steroid dienone is 1. The molecule has 60 heavy (non-hydrogen) atoms. The minimum absolute atomic E-state index is 0.781. The second-order valence-electron chi connectivity index (χ2n) is 14.6. The number of benzene rings is 6. The van der Waals surface area contributed by atoms with Crippen LogP contribution in [-0.2, 0) is 0 Å². The Bertz CT molecular complexity index is 2050. The van der Waals surface area contributed by atoms with Crippen molar-refractivity contribution in [3.63, 3.8) is 0 Å². The Morgan fingerprint density at radius 3 is 1.25 bits per heavy atom. The Balaban J connectivity index is 0.000000221. The quantitative estimate of drug-likeness (QED) is 0.0530. The van der Waals surface area contributed by atoms with Crippen LogP contribution >= 0.6 is 31.9 Å². The van der Waals surface area contributed by atoms with Crippen LogP contribution < -0.4 is 20.1 Å². The van der Waals surface area contributed by atoms with Gasteiger partial charge in [0.05, 0.1) is 13.2 Å². The van der Waals surface area contributed by atoms with Gasteiger partial charge in [0.15, 0.2) is 0 Å². The molecule has 6 aromatic rings. The predicted octanol–water partition coefficient (Wildman–Crippen LogP) is 17.1. The van der Waals surface area contributed by atoms with E-state index in [4.69, 9.17) is 15.2 Å². The second-order valence-corrected chi connectivity index (χ2v) is 16.4. The first kappa shape index (κ1) is 47.6.